The quantitative estimate of drug-likeness (QED) is 0.381. The molecule has 0 aliphatic heterocycles. The van der Waals surface area contributed by atoms with Gasteiger partial charge < -0.3 is 10.2 Å². The number of likely N-dealkylation sites (N-methyl/N-ethyl adjacent to an activating group) is 1. The third-order valence-corrected chi connectivity index (χ3v) is 8.81. The van der Waals surface area contributed by atoms with Crippen LogP contribution in [0.25, 0.3) is 0 Å². The van der Waals surface area contributed by atoms with Crippen LogP contribution >= 0.6 is 11.6 Å². The summed E-state index contributed by atoms with van der Waals surface area (Å²) >= 11 is 6.39. The van der Waals surface area contributed by atoms with Crippen LogP contribution in [-0.2, 0) is 26.2 Å². The number of carbonyl (C=O) groups is 2. The lowest BCUT2D eigenvalue weighted by atomic mass is 10.1. The lowest BCUT2D eigenvalue weighted by Gasteiger charge is -2.33. The molecule has 0 aliphatic rings. The van der Waals surface area contributed by atoms with Crippen molar-refractivity contribution in [2.75, 3.05) is 17.9 Å². The van der Waals surface area contributed by atoms with Crippen molar-refractivity contribution >= 4 is 39.1 Å². The van der Waals surface area contributed by atoms with Crippen LogP contribution in [0.2, 0.25) is 5.02 Å². The number of carbonyl (C=O) groups excluding carboxylic acids is 2. The highest BCUT2D eigenvalue weighted by Crippen LogP contribution is 2.29. The largest absolute Gasteiger partial charge is 0.357 e. The predicted molar refractivity (Wildman–Crippen MR) is 152 cm³/mol. The fourth-order valence-corrected chi connectivity index (χ4v) is 5.92. The Morgan fingerprint density at radius 1 is 0.947 bits per heavy atom. The number of nitrogens with one attached hydrogen (secondary N) is 1. The molecule has 0 aliphatic carbocycles. The van der Waals surface area contributed by atoms with Gasteiger partial charge >= 0.3 is 0 Å². The first-order valence-electron chi connectivity index (χ1n) is 12.4. The number of benzene rings is 3. The minimum atomic E-state index is -4.12. The van der Waals surface area contributed by atoms with Crippen LogP contribution < -0.4 is 9.62 Å². The van der Waals surface area contributed by atoms with E-state index in [0.717, 1.165) is 21.0 Å². The highest BCUT2D eigenvalue weighted by atomic mass is 35.5. The number of rotatable bonds is 10. The van der Waals surface area contributed by atoms with E-state index in [9.17, 15) is 18.0 Å². The van der Waals surface area contributed by atoms with Crippen molar-refractivity contribution in [3.63, 3.8) is 0 Å². The number of sulfonamides is 1. The van der Waals surface area contributed by atoms with E-state index in [1.807, 2.05) is 26.8 Å². The van der Waals surface area contributed by atoms with E-state index in [0.29, 0.717) is 22.7 Å². The van der Waals surface area contributed by atoms with Crippen molar-refractivity contribution in [1.29, 1.82) is 0 Å². The van der Waals surface area contributed by atoms with Gasteiger partial charge in [-0.1, -0.05) is 66.6 Å². The second-order valence-corrected chi connectivity index (χ2v) is 11.5. The minimum absolute atomic E-state index is 0.0512. The number of hydrogen-bond donors (Lipinski definition) is 1. The fraction of sp³-hybridized carbons (Fsp3) is 0.310. The van der Waals surface area contributed by atoms with Gasteiger partial charge in [0, 0.05) is 18.6 Å². The molecule has 202 valence electrons. The summed E-state index contributed by atoms with van der Waals surface area (Å²) in [6, 6.07) is 18.1. The molecule has 3 rings (SSSR count). The predicted octanol–water partition coefficient (Wildman–Crippen LogP) is 5.01. The Kier molecular flexibility index (Phi) is 9.57. The summed E-state index contributed by atoms with van der Waals surface area (Å²) in [5.41, 5.74) is 3.62. The van der Waals surface area contributed by atoms with Crippen molar-refractivity contribution in [3.05, 3.63) is 94.0 Å². The van der Waals surface area contributed by atoms with E-state index in [-0.39, 0.29) is 17.3 Å². The summed E-state index contributed by atoms with van der Waals surface area (Å²) < 4.78 is 29.1. The maximum atomic E-state index is 14.0. The topological polar surface area (TPSA) is 86.8 Å². The van der Waals surface area contributed by atoms with E-state index in [2.05, 4.69) is 5.32 Å². The van der Waals surface area contributed by atoms with Crippen LogP contribution in [0, 0.1) is 20.8 Å². The Bertz CT molecular complexity index is 1410. The molecule has 38 heavy (non-hydrogen) atoms. The first-order valence-corrected chi connectivity index (χ1v) is 14.2. The van der Waals surface area contributed by atoms with Crippen molar-refractivity contribution < 1.29 is 18.0 Å². The summed E-state index contributed by atoms with van der Waals surface area (Å²) in [5.74, 6) is -0.857. The molecule has 1 atom stereocenters. The highest BCUT2D eigenvalue weighted by molar-refractivity contribution is 7.92. The molecule has 1 N–H and O–H groups in total. The van der Waals surface area contributed by atoms with Crippen molar-refractivity contribution in [2.24, 2.45) is 0 Å². The Morgan fingerprint density at radius 2 is 1.61 bits per heavy atom. The monoisotopic (exact) mass is 555 g/mol. The van der Waals surface area contributed by atoms with Gasteiger partial charge in [0.25, 0.3) is 10.0 Å². The van der Waals surface area contributed by atoms with E-state index in [1.54, 1.807) is 55.5 Å². The Morgan fingerprint density at radius 3 is 2.21 bits per heavy atom. The average Bonchev–Trinajstić information content (AvgIpc) is 2.89. The standard InChI is InChI=1S/C29H34ClN3O4S/c1-6-26(29(35)31-5)32(18-23-11-7-8-12-25(23)30)28(34)19-33(27-13-9-10-21(3)22(27)4)38(36,37)24-16-14-20(2)15-17-24/h7-17,26H,6,18-19H2,1-5H3,(H,31,35)/t26-/m1/s1. The molecule has 0 saturated carbocycles. The van der Waals surface area contributed by atoms with Gasteiger partial charge in [0.1, 0.15) is 12.6 Å². The summed E-state index contributed by atoms with van der Waals surface area (Å²) in [5, 5.41) is 3.07. The molecule has 0 aromatic heterocycles. The van der Waals surface area contributed by atoms with Gasteiger partial charge in [0.05, 0.1) is 10.6 Å². The lowest BCUT2D eigenvalue weighted by Crippen LogP contribution is -2.51. The zero-order chi connectivity index (χ0) is 28.0. The Labute approximate surface area is 230 Å². The molecule has 3 aromatic carbocycles. The smallest absolute Gasteiger partial charge is 0.264 e. The first kappa shape index (κ1) is 29.2. The number of hydrogen-bond acceptors (Lipinski definition) is 4. The lowest BCUT2D eigenvalue weighted by molar-refractivity contribution is -0.140. The van der Waals surface area contributed by atoms with Crippen LogP contribution in [0.15, 0.2) is 71.6 Å². The van der Waals surface area contributed by atoms with Gasteiger partial charge in [0.15, 0.2) is 0 Å². The van der Waals surface area contributed by atoms with Crippen molar-refractivity contribution in [3.8, 4) is 0 Å². The van der Waals surface area contributed by atoms with Crippen LogP contribution in [-0.4, -0.2) is 44.8 Å². The maximum absolute atomic E-state index is 14.0. The number of aryl methyl sites for hydroxylation is 2. The van der Waals surface area contributed by atoms with Crippen molar-refractivity contribution in [2.45, 2.75) is 51.6 Å². The molecule has 0 saturated heterocycles. The first-order chi connectivity index (χ1) is 18.0. The molecular formula is C29H34ClN3O4S. The third-order valence-electron chi connectivity index (χ3n) is 6.66. The Hall–Kier alpha value is -3.36. The zero-order valence-electron chi connectivity index (χ0n) is 22.4. The van der Waals surface area contributed by atoms with Crippen LogP contribution in [0.3, 0.4) is 0 Å². The van der Waals surface area contributed by atoms with E-state index < -0.39 is 28.5 Å². The van der Waals surface area contributed by atoms with Crippen LogP contribution in [0.4, 0.5) is 5.69 Å². The van der Waals surface area contributed by atoms with E-state index in [4.69, 9.17) is 11.6 Å². The molecule has 0 radical (unpaired) electrons. The molecule has 9 heteroatoms. The van der Waals surface area contributed by atoms with Gasteiger partial charge in [-0.3, -0.25) is 13.9 Å². The second-order valence-electron chi connectivity index (χ2n) is 9.20. The molecule has 3 aromatic rings. The van der Waals surface area contributed by atoms with Gasteiger partial charge in [-0.2, -0.15) is 0 Å². The molecule has 0 bridgehead atoms. The highest BCUT2D eigenvalue weighted by Gasteiger charge is 2.34. The summed E-state index contributed by atoms with van der Waals surface area (Å²) in [6.45, 7) is 6.96. The molecule has 0 spiro atoms. The van der Waals surface area contributed by atoms with Crippen LogP contribution in [0.1, 0.15) is 35.6 Å². The van der Waals surface area contributed by atoms with Gasteiger partial charge in [-0.15, -0.1) is 0 Å². The van der Waals surface area contributed by atoms with Crippen molar-refractivity contribution in [1.82, 2.24) is 10.2 Å². The molecule has 0 heterocycles. The van der Waals surface area contributed by atoms with E-state index >= 15 is 0 Å². The average molecular weight is 556 g/mol. The summed E-state index contributed by atoms with van der Waals surface area (Å²) in [6.07, 6.45) is 0.337. The number of halogens is 1. The zero-order valence-corrected chi connectivity index (χ0v) is 23.9. The fourth-order valence-electron chi connectivity index (χ4n) is 4.25. The Balaban J connectivity index is 2.12. The minimum Gasteiger partial charge on any atom is -0.357 e. The third kappa shape index (κ3) is 6.37. The summed E-state index contributed by atoms with van der Waals surface area (Å²) in [7, 11) is -2.61. The normalized spacial score (nSPS) is 12.1. The number of amides is 2. The van der Waals surface area contributed by atoms with Gasteiger partial charge in [-0.25, -0.2) is 8.42 Å². The second kappa shape index (κ2) is 12.5. The molecule has 7 nitrogen and oxygen atoms in total. The molecule has 0 unspecified atom stereocenters. The van der Waals surface area contributed by atoms with Crippen LogP contribution in [0.5, 0.6) is 0 Å². The SMILES string of the molecule is CC[C@H](C(=O)NC)N(Cc1ccccc1Cl)C(=O)CN(c1cccc(C)c1C)S(=O)(=O)c1ccc(C)cc1. The molecule has 0 fully saturated rings. The maximum Gasteiger partial charge on any atom is 0.264 e. The van der Waals surface area contributed by atoms with E-state index in [1.165, 1.54) is 24.1 Å². The summed E-state index contributed by atoms with van der Waals surface area (Å²) in [4.78, 5) is 28.3. The van der Waals surface area contributed by atoms with Gasteiger partial charge in [-0.05, 0) is 68.1 Å². The molecular weight excluding hydrogens is 522 g/mol. The molecule has 2 amide bonds. The number of nitrogens with zero attached hydrogens (tertiary/aromatic N) is 2. The van der Waals surface area contributed by atoms with Gasteiger partial charge in [0.2, 0.25) is 11.8 Å². The number of anilines is 1.